The number of benzene rings is 2. The summed E-state index contributed by atoms with van der Waals surface area (Å²) in [5.41, 5.74) is 1.73. The van der Waals surface area contributed by atoms with Crippen molar-refractivity contribution in [2.24, 2.45) is 5.92 Å². The number of nitrogens with one attached hydrogen (secondary N) is 1. The van der Waals surface area contributed by atoms with E-state index >= 15 is 0 Å². The van der Waals surface area contributed by atoms with Crippen molar-refractivity contribution < 1.29 is 13.5 Å². The molecule has 7 heteroatoms. The van der Waals surface area contributed by atoms with Crippen molar-refractivity contribution in [3.8, 4) is 0 Å². The largest absolute Gasteiger partial charge is 0.395 e. The van der Waals surface area contributed by atoms with Gasteiger partial charge in [0.1, 0.15) is 0 Å². The van der Waals surface area contributed by atoms with Crippen molar-refractivity contribution in [3.05, 3.63) is 65.3 Å². The van der Waals surface area contributed by atoms with E-state index < -0.39 is 22.1 Å². The molecule has 0 aliphatic rings. The Balaban J connectivity index is 2.09. The van der Waals surface area contributed by atoms with E-state index in [4.69, 9.17) is 11.6 Å². The zero-order chi connectivity index (χ0) is 21.2. The molecule has 0 aliphatic heterocycles. The highest BCUT2D eigenvalue weighted by molar-refractivity contribution is 7.89. The van der Waals surface area contributed by atoms with E-state index in [0.717, 1.165) is 16.6 Å². The molecule has 2 aromatic carbocycles. The Hall–Kier alpha value is -1.86. The van der Waals surface area contributed by atoms with Crippen molar-refractivity contribution >= 4 is 32.5 Å². The van der Waals surface area contributed by atoms with Gasteiger partial charge in [-0.05, 0) is 61.0 Å². The molecule has 2 atom stereocenters. The first-order valence-corrected chi connectivity index (χ1v) is 11.5. The van der Waals surface area contributed by atoms with Gasteiger partial charge in [0, 0.05) is 22.3 Å². The lowest BCUT2D eigenvalue weighted by atomic mass is 10.0. The molecule has 3 aromatic rings. The van der Waals surface area contributed by atoms with E-state index in [1.54, 1.807) is 12.1 Å². The number of fused-ring (bicyclic) bond motifs is 1. The molecule has 156 valence electrons. The molecule has 0 saturated heterocycles. The van der Waals surface area contributed by atoms with Gasteiger partial charge < -0.3 is 10.1 Å². The predicted molar refractivity (Wildman–Crippen MR) is 118 cm³/mol. The number of hydrogen-bond acceptors (Lipinski definition) is 3. The number of sulfonamides is 1. The van der Waals surface area contributed by atoms with Crippen LogP contribution in [0.2, 0.25) is 5.02 Å². The van der Waals surface area contributed by atoms with Gasteiger partial charge in [-0.15, -0.1) is 0 Å². The van der Waals surface area contributed by atoms with Crippen LogP contribution in [0.5, 0.6) is 0 Å². The number of H-pyrrole nitrogens is 1. The highest BCUT2D eigenvalue weighted by Crippen LogP contribution is 2.33. The molecular weight excluding hydrogens is 408 g/mol. The number of nitrogens with zero attached hydrogens (tertiary/aromatic N) is 1. The van der Waals surface area contributed by atoms with Crippen LogP contribution < -0.4 is 0 Å². The van der Waals surface area contributed by atoms with Gasteiger partial charge in [-0.25, -0.2) is 8.42 Å². The lowest BCUT2D eigenvalue weighted by Gasteiger charge is -2.35. The second kappa shape index (κ2) is 8.88. The average Bonchev–Trinajstić information content (AvgIpc) is 3.11. The molecule has 1 unspecified atom stereocenters. The monoisotopic (exact) mass is 434 g/mol. The normalized spacial score (nSPS) is 14.6. The molecule has 1 aromatic heterocycles. The van der Waals surface area contributed by atoms with Crippen molar-refractivity contribution in [2.75, 3.05) is 6.61 Å². The van der Waals surface area contributed by atoms with Crippen LogP contribution in [0.1, 0.15) is 38.9 Å². The maximum Gasteiger partial charge on any atom is 0.244 e. The smallest absolute Gasteiger partial charge is 0.244 e. The number of aromatic amines is 1. The van der Waals surface area contributed by atoms with Crippen LogP contribution in [0, 0.1) is 5.92 Å². The Morgan fingerprint density at radius 1 is 1.07 bits per heavy atom. The Bertz CT molecular complexity index is 1030. The van der Waals surface area contributed by atoms with E-state index in [1.165, 1.54) is 16.4 Å². The zero-order valence-electron chi connectivity index (χ0n) is 16.8. The number of rotatable bonds is 8. The fourth-order valence-electron chi connectivity index (χ4n) is 3.71. The van der Waals surface area contributed by atoms with Gasteiger partial charge in [-0.3, -0.25) is 0 Å². The summed E-state index contributed by atoms with van der Waals surface area (Å²) in [6, 6.07) is 14.9. The summed E-state index contributed by atoms with van der Waals surface area (Å²) >= 11 is 5.95. The number of aliphatic hydroxyl groups is 1. The van der Waals surface area contributed by atoms with Crippen molar-refractivity contribution in [3.63, 3.8) is 0 Å². The first kappa shape index (κ1) is 21.8. The Morgan fingerprint density at radius 3 is 2.31 bits per heavy atom. The lowest BCUT2D eigenvalue weighted by Crippen LogP contribution is -2.44. The molecule has 5 nitrogen and oxygen atoms in total. The summed E-state index contributed by atoms with van der Waals surface area (Å²) in [5, 5.41) is 11.6. The maximum absolute atomic E-state index is 13.6. The van der Waals surface area contributed by atoms with Gasteiger partial charge in [0.05, 0.1) is 17.5 Å². The molecule has 1 heterocycles. The third-order valence-corrected chi connectivity index (χ3v) is 7.38. The van der Waals surface area contributed by atoms with E-state index in [0.29, 0.717) is 11.4 Å². The molecule has 0 radical (unpaired) electrons. The first-order chi connectivity index (χ1) is 13.7. The number of para-hydroxylation sites is 1. The van der Waals surface area contributed by atoms with Crippen LogP contribution in [-0.2, 0) is 10.0 Å². The molecule has 2 N–H and O–H groups in total. The van der Waals surface area contributed by atoms with Crippen LogP contribution in [0.4, 0.5) is 0 Å². The Morgan fingerprint density at radius 2 is 1.72 bits per heavy atom. The summed E-state index contributed by atoms with van der Waals surface area (Å²) < 4.78 is 28.7. The highest BCUT2D eigenvalue weighted by atomic mass is 35.5. The third kappa shape index (κ3) is 4.67. The molecule has 29 heavy (non-hydrogen) atoms. The van der Waals surface area contributed by atoms with Gasteiger partial charge in [-0.1, -0.05) is 43.6 Å². The Kier molecular flexibility index (Phi) is 6.69. The zero-order valence-corrected chi connectivity index (χ0v) is 18.4. The van der Waals surface area contributed by atoms with Crippen LogP contribution in [0.25, 0.3) is 10.9 Å². The van der Waals surface area contributed by atoms with E-state index in [1.807, 2.05) is 51.1 Å². The van der Waals surface area contributed by atoms with Crippen molar-refractivity contribution in [1.82, 2.24) is 9.29 Å². The highest BCUT2D eigenvalue weighted by Gasteiger charge is 2.36. The van der Waals surface area contributed by atoms with Gasteiger partial charge in [0.2, 0.25) is 10.0 Å². The van der Waals surface area contributed by atoms with E-state index in [-0.39, 0.29) is 17.4 Å². The lowest BCUT2D eigenvalue weighted by molar-refractivity contribution is 0.144. The molecule has 0 aliphatic carbocycles. The molecule has 0 amide bonds. The van der Waals surface area contributed by atoms with Crippen LogP contribution >= 0.6 is 11.6 Å². The SMILES string of the molecule is CC(C)C[C@H](CO)N(C(C)c1cc2ccccc2[nH]1)S(=O)(=O)c1ccc(Cl)cc1. The minimum absolute atomic E-state index is 0.159. The molecule has 3 rings (SSSR count). The van der Waals surface area contributed by atoms with Crippen LogP contribution in [-0.4, -0.2) is 35.5 Å². The van der Waals surface area contributed by atoms with Crippen LogP contribution in [0.15, 0.2) is 59.5 Å². The van der Waals surface area contributed by atoms with Gasteiger partial charge in [0.25, 0.3) is 0 Å². The quantitative estimate of drug-likeness (QED) is 0.525. The molecular formula is C22H27ClN2O3S. The average molecular weight is 435 g/mol. The minimum Gasteiger partial charge on any atom is -0.395 e. The molecule has 0 saturated carbocycles. The van der Waals surface area contributed by atoms with Crippen LogP contribution in [0.3, 0.4) is 0 Å². The fraction of sp³-hybridized carbons (Fsp3) is 0.364. The van der Waals surface area contributed by atoms with E-state index in [2.05, 4.69) is 4.98 Å². The summed E-state index contributed by atoms with van der Waals surface area (Å²) in [4.78, 5) is 3.49. The molecule has 0 spiro atoms. The summed E-state index contributed by atoms with van der Waals surface area (Å²) in [6.07, 6.45) is 0.549. The van der Waals surface area contributed by atoms with E-state index in [9.17, 15) is 13.5 Å². The maximum atomic E-state index is 13.6. The predicted octanol–water partition coefficient (Wildman–Crippen LogP) is 4.98. The Labute approximate surface area is 177 Å². The topological polar surface area (TPSA) is 73.4 Å². The summed E-state index contributed by atoms with van der Waals surface area (Å²) in [6.45, 7) is 5.63. The van der Waals surface area contributed by atoms with Gasteiger partial charge in [-0.2, -0.15) is 4.31 Å². The van der Waals surface area contributed by atoms with Gasteiger partial charge in [0.15, 0.2) is 0 Å². The third-order valence-electron chi connectivity index (χ3n) is 5.09. The van der Waals surface area contributed by atoms with Crippen molar-refractivity contribution in [1.29, 1.82) is 0 Å². The minimum atomic E-state index is -3.86. The standard InChI is InChI=1S/C22H27ClN2O3S/c1-15(2)12-19(14-26)25(29(27,28)20-10-8-18(23)9-11-20)16(3)22-13-17-6-4-5-7-21(17)24-22/h4-11,13,15-16,19,24,26H,12,14H2,1-3H3/t16?,19-/m1/s1. The number of aliphatic hydroxyl groups excluding tert-OH is 1. The second-order valence-electron chi connectivity index (χ2n) is 7.74. The number of hydrogen-bond donors (Lipinski definition) is 2. The number of halogens is 1. The molecule has 0 fully saturated rings. The summed E-state index contributed by atoms with van der Waals surface area (Å²) in [7, 11) is -3.86. The van der Waals surface area contributed by atoms with Gasteiger partial charge >= 0.3 is 0 Å². The number of aromatic nitrogens is 1. The second-order valence-corrected chi connectivity index (χ2v) is 10.0. The molecule has 0 bridgehead atoms. The summed E-state index contributed by atoms with van der Waals surface area (Å²) in [5.74, 6) is 0.227. The van der Waals surface area contributed by atoms with Crippen molar-refractivity contribution in [2.45, 2.75) is 44.2 Å². The first-order valence-electron chi connectivity index (χ1n) is 9.71. The fourth-order valence-corrected chi connectivity index (χ4v) is 5.63.